The molecule has 3 N–H and O–H groups in total. The topological polar surface area (TPSA) is 77.2 Å². The average molecular weight is 195 g/mol. The molecule has 0 spiro atoms. The fourth-order valence-corrected chi connectivity index (χ4v) is 1.02. The van der Waals surface area contributed by atoms with Gasteiger partial charge in [-0.15, -0.1) is 0 Å². The quantitative estimate of drug-likeness (QED) is 0.660. The van der Waals surface area contributed by atoms with Gasteiger partial charge in [-0.25, -0.2) is 4.98 Å². The molecule has 0 unspecified atom stereocenters. The first-order chi connectivity index (χ1) is 6.75. The maximum atomic E-state index is 11.0. The molecule has 0 saturated carbocycles. The molecule has 0 radical (unpaired) electrons. The third-order valence-corrected chi connectivity index (χ3v) is 1.67. The van der Waals surface area contributed by atoms with Crippen LogP contribution in [0.2, 0.25) is 0 Å². The van der Waals surface area contributed by atoms with Gasteiger partial charge >= 0.3 is 0 Å². The van der Waals surface area contributed by atoms with Crippen LogP contribution in [0.4, 0.5) is 5.82 Å². The van der Waals surface area contributed by atoms with Crippen LogP contribution < -0.4 is 11.1 Å². The number of aromatic nitrogens is 1. The summed E-state index contributed by atoms with van der Waals surface area (Å²) in [6.07, 6.45) is 1.60. The second kappa shape index (κ2) is 5.18. The lowest BCUT2D eigenvalue weighted by atomic mass is 10.2. The Morgan fingerprint density at radius 1 is 1.71 bits per heavy atom. The van der Waals surface area contributed by atoms with Crippen molar-refractivity contribution < 1.29 is 9.53 Å². The molecule has 0 atom stereocenters. The van der Waals surface area contributed by atoms with Crippen LogP contribution in [-0.2, 0) is 4.74 Å². The lowest BCUT2D eigenvalue weighted by Gasteiger charge is -2.07. The van der Waals surface area contributed by atoms with Gasteiger partial charge in [0.25, 0.3) is 5.91 Å². The zero-order valence-electron chi connectivity index (χ0n) is 7.99. The first kappa shape index (κ1) is 10.5. The minimum absolute atomic E-state index is 0.392. The highest BCUT2D eigenvalue weighted by molar-refractivity contribution is 5.97. The van der Waals surface area contributed by atoms with Crippen LogP contribution in [0, 0.1) is 0 Å². The fraction of sp³-hybridized carbons (Fsp3) is 0.333. The van der Waals surface area contributed by atoms with Gasteiger partial charge in [0, 0.05) is 19.9 Å². The maximum Gasteiger partial charge on any atom is 0.252 e. The van der Waals surface area contributed by atoms with E-state index >= 15 is 0 Å². The SMILES string of the molecule is COCCNc1ncccc1C(N)=O. The number of methoxy groups -OCH3 is 1. The van der Waals surface area contributed by atoms with Gasteiger partial charge in [-0.2, -0.15) is 0 Å². The standard InChI is InChI=1S/C9H13N3O2/c1-14-6-5-12-9-7(8(10)13)3-2-4-11-9/h2-4H,5-6H2,1H3,(H2,10,13)(H,11,12). The number of rotatable bonds is 5. The van der Waals surface area contributed by atoms with Gasteiger partial charge in [0.2, 0.25) is 0 Å². The predicted molar refractivity (Wildman–Crippen MR) is 53.1 cm³/mol. The van der Waals surface area contributed by atoms with Gasteiger partial charge in [-0.05, 0) is 12.1 Å². The average Bonchev–Trinajstić information content (AvgIpc) is 2.19. The smallest absolute Gasteiger partial charge is 0.252 e. The molecule has 1 aromatic heterocycles. The molecule has 0 fully saturated rings. The number of carbonyl (C=O) groups is 1. The number of hydrogen-bond donors (Lipinski definition) is 2. The van der Waals surface area contributed by atoms with Crippen molar-refractivity contribution in [3.63, 3.8) is 0 Å². The van der Waals surface area contributed by atoms with Crippen molar-refractivity contribution in [3.8, 4) is 0 Å². The van der Waals surface area contributed by atoms with Crippen molar-refractivity contribution in [2.24, 2.45) is 5.73 Å². The molecule has 0 bridgehead atoms. The Labute approximate surface area is 82.3 Å². The van der Waals surface area contributed by atoms with Crippen LogP contribution in [0.1, 0.15) is 10.4 Å². The van der Waals surface area contributed by atoms with Crippen LogP contribution >= 0.6 is 0 Å². The largest absolute Gasteiger partial charge is 0.383 e. The lowest BCUT2D eigenvalue weighted by molar-refractivity contribution is 0.100. The molecule has 5 nitrogen and oxygen atoms in total. The molecule has 0 aromatic carbocycles. The summed E-state index contributed by atoms with van der Waals surface area (Å²) in [5.41, 5.74) is 5.56. The second-order valence-corrected chi connectivity index (χ2v) is 2.68. The molecule has 5 heteroatoms. The second-order valence-electron chi connectivity index (χ2n) is 2.68. The summed E-state index contributed by atoms with van der Waals surface area (Å²) in [6, 6.07) is 3.30. The summed E-state index contributed by atoms with van der Waals surface area (Å²) in [4.78, 5) is 15.0. The number of nitrogens with zero attached hydrogens (tertiary/aromatic N) is 1. The minimum atomic E-state index is -0.488. The Bertz CT molecular complexity index is 315. The Hall–Kier alpha value is -1.62. The van der Waals surface area contributed by atoms with E-state index in [9.17, 15) is 4.79 Å². The van der Waals surface area contributed by atoms with Crippen LogP contribution in [0.5, 0.6) is 0 Å². The van der Waals surface area contributed by atoms with Gasteiger partial charge < -0.3 is 15.8 Å². The molecule has 1 rings (SSSR count). The number of primary amides is 1. The van der Waals surface area contributed by atoms with Gasteiger partial charge in [0.15, 0.2) is 0 Å². The van der Waals surface area contributed by atoms with E-state index in [1.807, 2.05) is 0 Å². The highest BCUT2D eigenvalue weighted by Gasteiger charge is 2.06. The number of pyridine rings is 1. The third-order valence-electron chi connectivity index (χ3n) is 1.67. The number of nitrogens with one attached hydrogen (secondary N) is 1. The van der Waals surface area contributed by atoms with E-state index in [4.69, 9.17) is 10.5 Å². The van der Waals surface area contributed by atoms with E-state index in [0.29, 0.717) is 24.5 Å². The monoisotopic (exact) mass is 195 g/mol. The Kier molecular flexibility index (Phi) is 3.87. The zero-order valence-corrected chi connectivity index (χ0v) is 7.99. The molecule has 0 aliphatic carbocycles. The molecule has 76 valence electrons. The van der Waals surface area contributed by atoms with E-state index < -0.39 is 5.91 Å². The summed E-state index contributed by atoms with van der Waals surface area (Å²) in [6.45, 7) is 1.14. The van der Waals surface area contributed by atoms with Gasteiger partial charge in [-0.3, -0.25) is 4.79 Å². The zero-order chi connectivity index (χ0) is 10.4. The van der Waals surface area contributed by atoms with Crippen LogP contribution in [0.15, 0.2) is 18.3 Å². The summed E-state index contributed by atoms with van der Waals surface area (Å²) in [5.74, 6) is 0.00932. The van der Waals surface area contributed by atoms with Crippen molar-refractivity contribution in [2.75, 3.05) is 25.6 Å². The van der Waals surface area contributed by atoms with Gasteiger partial charge in [0.05, 0.1) is 12.2 Å². The number of hydrogen-bond acceptors (Lipinski definition) is 4. The molecular formula is C9H13N3O2. The molecule has 0 aliphatic rings. The Morgan fingerprint density at radius 3 is 3.14 bits per heavy atom. The molecule has 1 amide bonds. The van der Waals surface area contributed by atoms with E-state index in [1.165, 1.54) is 0 Å². The van der Waals surface area contributed by atoms with E-state index in [0.717, 1.165) is 0 Å². The minimum Gasteiger partial charge on any atom is -0.383 e. The van der Waals surface area contributed by atoms with Crippen LogP contribution in [0.25, 0.3) is 0 Å². The highest BCUT2D eigenvalue weighted by atomic mass is 16.5. The molecule has 1 aromatic rings. The van der Waals surface area contributed by atoms with E-state index in [1.54, 1.807) is 25.4 Å². The third kappa shape index (κ3) is 2.70. The molecule has 0 saturated heterocycles. The summed E-state index contributed by atoms with van der Waals surface area (Å²) in [5, 5.41) is 2.96. The predicted octanol–water partition coefficient (Wildman–Crippen LogP) is 0.239. The Balaban J connectivity index is 2.69. The molecule has 1 heterocycles. The Morgan fingerprint density at radius 2 is 2.50 bits per heavy atom. The first-order valence-electron chi connectivity index (χ1n) is 4.23. The number of anilines is 1. The van der Waals surface area contributed by atoms with Crippen molar-refractivity contribution in [1.29, 1.82) is 0 Å². The van der Waals surface area contributed by atoms with Crippen molar-refractivity contribution in [1.82, 2.24) is 4.98 Å². The first-order valence-corrected chi connectivity index (χ1v) is 4.23. The normalized spacial score (nSPS) is 9.79. The number of nitrogens with two attached hydrogens (primary N) is 1. The van der Waals surface area contributed by atoms with Gasteiger partial charge in [-0.1, -0.05) is 0 Å². The highest BCUT2D eigenvalue weighted by Crippen LogP contribution is 2.09. The summed E-state index contributed by atoms with van der Waals surface area (Å²) in [7, 11) is 1.61. The number of ether oxygens (including phenoxy) is 1. The van der Waals surface area contributed by atoms with Crippen molar-refractivity contribution in [3.05, 3.63) is 23.9 Å². The van der Waals surface area contributed by atoms with Gasteiger partial charge in [0.1, 0.15) is 5.82 Å². The number of amides is 1. The van der Waals surface area contributed by atoms with E-state index in [-0.39, 0.29) is 0 Å². The van der Waals surface area contributed by atoms with Crippen molar-refractivity contribution in [2.45, 2.75) is 0 Å². The summed E-state index contributed by atoms with van der Waals surface area (Å²) >= 11 is 0. The van der Waals surface area contributed by atoms with Crippen LogP contribution in [0.3, 0.4) is 0 Å². The van der Waals surface area contributed by atoms with Crippen molar-refractivity contribution >= 4 is 11.7 Å². The maximum absolute atomic E-state index is 11.0. The molecule has 14 heavy (non-hydrogen) atoms. The fourth-order valence-electron chi connectivity index (χ4n) is 1.02. The van der Waals surface area contributed by atoms with Crippen LogP contribution in [-0.4, -0.2) is 31.2 Å². The summed E-state index contributed by atoms with van der Waals surface area (Å²) < 4.78 is 4.86. The molecule has 0 aliphatic heterocycles. The van der Waals surface area contributed by atoms with E-state index in [2.05, 4.69) is 10.3 Å². The lowest BCUT2D eigenvalue weighted by Crippen LogP contribution is -2.17. The molecular weight excluding hydrogens is 182 g/mol. The number of carbonyl (C=O) groups excluding carboxylic acids is 1.